The fourth-order valence-corrected chi connectivity index (χ4v) is 6.76. The summed E-state index contributed by atoms with van der Waals surface area (Å²) in [6, 6.07) is 26.6. The molecule has 43 heavy (non-hydrogen) atoms. The Morgan fingerprint density at radius 3 is 2.35 bits per heavy atom. The number of hydrogen-bond donors (Lipinski definition) is 0. The number of hydrazone groups is 1. The Hall–Kier alpha value is -4.78. The number of non-ortho nitro benzene ring substituents is 1. The van der Waals surface area contributed by atoms with Gasteiger partial charge in [0.05, 0.1) is 26.3 Å². The van der Waals surface area contributed by atoms with E-state index in [4.69, 9.17) is 0 Å². The number of carbonyl (C=O) groups excluding carboxylic acids is 1. The third-order valence-electron chi connectivity index (χ3n) is 6.63. The molecule has 1 amide bonds. The fraction of sp³-hybridized carbons (Fsp3) is 0.129. The van der Waals surface area contributed by atoms with E-state index in [9.17, 15) is 23.3 Å². The lowest BCUT2D eigenvalue weighted by Gasteiger charge is -2.21. The molecular weight excluding hydrogens is 587 g/mol. The molecule has 0 saturated carbocycles. The van der Waals surface area contributed by atoms with Gasteiger partial charge in [-0.05, 0) is 72.1 Å². The van der Waals surface area contributed by atoms with Crippen molar-refractivity contribution < 1.29 is 18.1 Å². The van der Waals surface area contributed by atoms with E-state index >= 15 is 0 Å². The van der Waals surface area contributed by atoms with Crippen molar-refractivity contribution in [1.82, 2.24) is 9.29 Å². The molecular formula is C31H27N5O5S2. The Balaban J connectivity index is 1.45. The van der Waals surface area contributed by atoms with Gasteiger partial charge in [-0.2, -0.15) is 14.4 Å². The number of carbonyl (C=O) groups is 1. The first kappa shape index (κ1) is 29.7. The average molecular weight is 614 g/mol. The van der Waals surface area contributed by atoms with Gasteiger partial charge in [-0.25, -0.2) is 13.4 Å². The first-order valence-electron chi connectivity index (χ1n) is 13.3. The second kappa shape index (κ2) is 12.6. The van der Waals surface area contributed by atoms with E-state index in [1.807, 2.05) is 55.5 Å². The third-order valence-corrected chi connectivity index (χ3v) is 9.55. The van der Waals surface area contributed by atoms with Crippen LogP contribution in [0.2, 0.25) is 0 Å². The maximum absolute atomic E-state index is 13.8. The summed E-state index contributed by atoms with van der Waals surface area (Å²) < 4.78 is 29.1. The van der Waals surface area contributed by atoms with Gasteiger partial charge < -0.3 is 0 Å². The molecule has 0 atom stereocenters. The largest absolute Gasteiger partial charge is 0.280 e. The monoisotopic (exact) mass is 613 g/mol. The number of aromatic nitrogens is 1. The maximum atomic E-state index is 13.8. The highest BCUT2D eigenvalue weighted by Gasteiger charge is 2.25. The molecule has 10 nitrogen and oxygen atoms in total. The van der Waals surface area contributed by atoms with Crippen LogP contribution in [0.4, 0.5) is 10.8 Å². The van der Waals surface area contributed by atoms with Crippen molar-refractivity contribution >= 4 is 54.5 Å². The van der Waals surface area contributed by atoms with E-state index in [0.29, 0.717) is 16.2 Å². The number of anilines is 1. The van der Waals surface area contributed by atoms with Crippen LogP contribution < -0.4 is 5.01 Å². The third kappa shape index (κ3) is 6.67. The molecule has 0 unspecified atom stereocenters. The number of rotatable bonds is 10. The van der Waals surface area contributed by atoms with Crippen molar-refractivity contribution in [2.75, 3.05) is 11.6 Å². The lowest BCUT2D eigenvalue weighted by molar-refractivity contribution is -0.384. The number of fused-ring (bicyclic) bond motifs is 1. The molecule has 5 rings (SSSR count). The Morgan fingerprint density at radius 2 is 1.70 bits per heavy atom. The van der Waals surface area contributed by atoms with Crippen molar-refractivity contribution in [3.8, 4) is 0 Å². The first-order chi connectivity index (χ1) is 20.7. The zero-order chi connectivity index (χ0) is 30.6. The van der Waals surface area contributed by atoms with Gasteiger partial charge in [0, 0.05) is 30.8 Å². The number of aryl methyl sites for hydroxylation is 1. The minimum Gasteiger partial charge on any atom is -0.267 e. The standard InChI is InChI=1S/C31H27N5O5S2/c1-3-34(21-24-7-5-4-6-8-24)43(40,41)27-16-12-25(13-17-27)30(37)35(31-33-28-18-9-22(2)19-29(28)42-31)32-20-23-10-14-26(15-11-23)36(38)39/h4-20H,3,21H2,1-2H3/b32-20+. The first-order valence-corrected chi connectivity index (χ1v) is 15.6. The molecule has 0 radical (unpaired) electrons. The number of benzene rings is 4. The molecule has 0 N–H and O–H groups in total. The molecule has 0 bridgehead atoms. The van der Waals surface area contributed by atoms with Crippen LogP contribution in [0, 0.1) is 17.0 Å². The van der Waals surface area contributed by atoms with E-state index < -0.39 is 20.9 Å². The van der Waals surface area contributed by atoms with Gasteiger partial charge in [0.25, 0.3) is 11.6 Å². The number of nitrogens with zero attached hydrogens (tertiary/aromatic N) is 5. The molecule has 0 aliphatic heterocycles. The zero-order valence-corrected chi connectivity index (χ0v) is 25.0. The van der Waals surface area contributed by atoms with Crippen LogP contribution in [0.1, 0.15) is 34.0 Å². The quantitative estimate of drug-likeness (QED) is 0.102. The van der Waals surface area contributed by atoms with E-state index in [1.165, 1.54) is 70.4 Å². The highest BCUT2D eigenvalue weighted by atomic mass is 32.2. The minimum absolute atomic E-state index is 0.0629. The summed E-state index contributed by atoms with van der Waals surface area (Å²) in [6.07, 6.45) is 1.42. The molecule has 1 aromatic heterocycles. The van der Waals surface area contributed by atoms with Crippen LogP contribution in [-0.2, 0) is 16.6 Å². The summed E-state index contributed by atoms with van der Waals surface area (Å²) in [5.41, 5.74) is 3.30. The molecule has 0 spiro atoms. The molecule has 5 aromatic rings. The van der Waals surface area contributed by atoms with Crippen molar-refractivity contribution in [1.29, 1.82) is 0 Å². The van der Waals surface area contributed by atoms with Crippen LogP contribution in [0.25, 0.3) is 10.2 Å². The molecule has 0 aliphatic carbocycles. The molecule has 1 heterocycles. The van der Waals surface area contributed by atoms with Gasteiger partial charge in [0.1, 0.15) is 0 Å². The van der Waals surface area contributed by atoms with Crippen LogP contribution in [0.5, 0.6) is 0 Å². The van der Waals surface area contributed by atoms with Gasteiger partial charge >= 0.3 is 0 Å². The van der Waals surface area contributed by atoms with E-state index in [1.54, 1.807) is 6.92 Å². The highest BCUT2D eigenvalue weighted by Crippen LogP contribution is 2.31. The predicted octanol–water partition coefficient (Wildman–Crippen LogP) is 6.40. The maximum Gasteiger partial charge on any atom is 0.280 e. The van der Waals surface area contributed by atoms with Crippen molar-refractivity contribution in [3.05, 3.63) is 129 Å². The second-order valence-corrected chi connectivity index (χ2v) is 12.6. The summed E-state index contributed by atoms with van der Waals surface area (Å²) in [7, 11) is -3.82. The van der Waals surface area contributed by atoms with Crippen LogP contribution in [0.3, 0.4) is 0 Å². The fourth-order valence-electron chi connectivity index (χ4n) is 4.30. The summed E-state index contributed by atoms with van der Waals surface area (Å²) in [5.74, 6) is -0.519. The molecule has 12 heteroatoms. The Labute approximate surface area is 252 Å². The topological polar surface area (TPSA) is 126 Å². The van der Waals surface area contributed by atoms with Crippen LogP contribution >= 0.6 is 11.3 Å². The zero-order valence-electron chi connectivity index (χ0n) is 23.3. The number of amides is 1. The van der Waals surface area contributed by atoms with Gasteiger partial charge in [0.2, 0.25) is 15.2 Å². The van der Waals surface area contributed by atoms with Crippen LogP contribution in [-0.4, -0.2) is 41.3 Å². The molecule has 0 saturated heterocycles. The van der Waals surface area contributed by atoms with Crippen molar-refractivity contribution in [2.45, 2.75) is 25.3 Å². The Morgan fingerprint density at radius 1 is 1.00 bits per heavy atom. The lowest BCUT2D eigenvalue weighted by atomic mass is 10.2. The summed E-state index contributed by atoms with van der Waals surface area (Å²) in [5, 5.41) is 16.9. The smallest absolute Gasteiger partial charge is 0.267 e. The van der Waals surface area contributed by atoms with Gasteiger partial charge in [0.15, 0.2) is 0 Å². The number of nitro benzene ring substituents is 1. The van der Waals surface area contributed by atoms with Crippen molar-refractivity contribution in [3.63, 3.8) is 0 Å². The summed E-state index contributed by atoms with van der Waals surface area (Å²) >= 11 is 1.29. The van der Waals surface area contributed by atoms with Gasteiger partial charge in [-0.15, -0.1) is 0 Å². The van der Waals surface area contributed by atoms with Gasteiger partial charge in [-0.3, -0.25) is 14.9 Å². The second-order valence-electron chi connectivity index (χ2n) is 9.62. The number of thiazole rings is 1. The summed E-state index contributed by atoms with van der Waals surface area (Å²) in [6.45, 7) is 4.24. The average Bonchev–Trinajstić information content (AvgIpc) is 3.43. The van der Waals surface area contributed by atoms with Gasteiger partial charge in [-0.1, -0.05) is 54.7 Å². The predicted molar refractivity (Wildman–Crippen MR) is 168 cm³/mol. The van der Waals surface area contributed by atoms with E-state index in [-0.39, 0.29) is 29.2 Å². The normalized spacial score (nSPS) is 11.8. The Bertz CT molecular complexity index is 1910. The van der Waals surface area contributed by atoms with Crippen LogP contribution in [0.15, 0.2) is 107 Å². The molecule has 0 aliphatic rings. The molecule has 218 valence electrons. The number of nitro groups is 1. The minimum atomic E-state index is -3.82. The Kier molecular flexibility index (Phi) is 8.71. The van der Waals surface area contributed by atoms with E-state index in [2.05, 4.69) is 10.1 Å². The molecule has 4 aromatic carbocycles. The number of sulfonamides is 1. The lowest BCUT2D eigenvalue weighted by Crippen LogP contribution is -2.30. The summed E-state index contributed by atoms with van der Waals surface area (Å²) in [4.78, 5) is 29.0. The van der Waals surface area contributed by atoms with E-state index in [0.717, 1.165) is 20.8 Å². The number of hydrogen-bond acceptors (Lipinski definition) is 8. The van der Waals surface area contributed by atoms with Crippen molar-refractivity contribution in [2.24, 2.45) is 5.10 Å². The molecule has 0 fully saturated rings. The SMILES string of the molecule is CCN(Cc1ccccc1)S(=O)(=O)c1ccc(C(=O)N(/N=C/c2ccc([N+](=O)[O-])cc2)c2nc3ccc(C)cc3s2)cc1. The highest BCUT2D eigenvalue weighted by molar-refractivity contribution is 7.89.